The fourth-order valence-corrected chi connectivity index (χ4v) is 5.01. The first kappa shape index (κ1) is 27.2. The van der Waals surface area contributed by atoms with Gasteiger partial charge in [0, 0.05) is 29.2 Å². The van der Waals surface area contributed by atoms with Gasteiger partial charge in [0.05, 0.1) is 12.1 Å². The zero-order chi connectivity index (χ0) is 27.6. The zero-order valence-electron chi connectivity index (χ0n) is 22.2. The Morgan fingerprint density at radius 3 is 2.47 bits per heavy atom. The minimum Gasteiger partial charge on any atom is -0.477 e. The third-order valence-electron chi connectivity index (χ3n) is 6.22. The molecule has 0 spiro atoms. The average molecular weight is 536 g/mol. The molecule has 3 N–H and O–H groups in total. The van der Waals surface area contributed by atoms with Crippen molar-refractivity contribution < 1.29 is 24.2 Å². The predicted molar refractivity (Wildman–Crippen MR) is 149 cm³/mol. The number of aromatic carboxylic acids is 1. The molecule has 1 saturated heterocycles. The molecule has 1 atom stereocenters. The summed E-state index contributed by atoms with van der Waals surface area (Å²) in [5, 5.41) is 15.7. The van der Waals surface area contributed by atoms with Crippen LogP contribution in [0.1, 0.15) is 64.9 Å². The first-order valence-corrected chi connectivity index (χ1v) is 13.3. The Morgan fingerprint density at radius 2 is 1.82 bits per heavy atom. The van der Waals surface area contributed by atoms with Gasteiger partial charge in [0.1, 0.15) is 10.5 Å². The van der Waals surface area contributed by atoms with E-state index in [0.717, 1.165) is 27.3 Å². The Kier molecular flexibility index (Phi) is 7.78. The quantitative estimate of drug-likeness (QED) is 0.345. The molecule has 9 heteroatoms. The molecule has 2 amide bonds. The molecule has 1 aliphatic heterocycles. The van der Waals surface area contributed by atoms with Crippen molar-refractivity contribution in [2.24, 2.45) is 0 Å². The molecule has 3 aromatic rings. The second-order valence-electron chi connectivity index (χ2n) is 10.5. The molecule has 0 radical (unpaired) electrons. The number of nitrogens with one attached hydrogen (secondary N) is 2. The number of thiophene rings is 1. The summed E-state index contributed by atoms with van der Waals surface area (Å²) in [7, 11) is 0. The number of rotatable bonds is 7. The van der Waals surface area contributed by atoms with Crippen molar-refractivity contribution in [1.29, 1.82) is 0 Å². The lowest BCUT2D eigenvalue weighted by atomic mass is 10.0. The van der Waals surface area contributed by atoms with Gasteiger partial charge >= 0.3 is 12.1 Å². The van der Waals surface area contributed by atoms with Gasteiger partial charge in [-0.15, -0.1) is 11.3 Å². The van der Waals surface area contributed by atoms with Crippen LogP contribution in [0.25, 0.3) is 10.4 Å². The lowest BCUT2D eigenvalue weighted by molar-refractivity contribution is 0.0105. The van der Waals surface area contributed by atoms with Gasteiger partial charge in [-0.2, -0.15) is 0 Å². The predicted octanol–water partition coefficient (Wildman–Crippen LogP) is 5.94. The van der Waals surface area contributed by atoms with Crippen molar-refractivity contribution in [2.75, 3.05) is 18.4 Å². The number of carboxylic acid groups (broad SMARTS) is 1. The fraction of sp³-hybridized carbons (Fsp3) is 0.345. The van der Waals surface area contributed by atoms with E-state index in [9.17, 15) is 19.5 Å². The van der Waals surface area contributed by atoms with Crippen molar-refractivity contribution in [3.05, 3.63) is 76.2 Å². The average Bonchev–Trinajstić information content (AvgIpc) is 3.32. The maximum atomic E-state index is 13.2. The lowest BCUT2D eigenvalue weighted by Crippen LogP contribution is -2.57. The molecule has 38 heavy (non-hydrogen) atoms. The second kappa shape index (κ2) is 10.9. The van der Waals surface area contributed by atoms with Crippen LogP contribution in [-0.2, 0) is 4.74 Å². The lowest BCUT2D eigenvalue weighted by Gasteiger charge is -2.40. The number of hydrogen-bond acceptors (Lipinski definition) is 6. The highest BCUT2D eigenvalue weighted by Crippen LogP contribution is 2.30. The summed E-state index contributed by atoms with van der Waals surface area (Å²) in [5.74, 6) is -1.12. The Balaban J connectivity index is 1.38. The monoisotopic (exact) mass is 535 g/mol. The molecular weight excluding hydrogens is 502 g/mol. The number of carbonyl (C=O) groups excluding carboxylic acids is 2. The van der Waals surface area contributed by atoms with E-state index in [-0.39, 0.29) is 29.0 Å². The molecule has 1 aromatic heterocycles. The minimum absolute atomic E-state index is 0.0849. The van der Waals surface area contributed by atoms with Crippen molar-refractivity contribution in [2.45, 2.75) is 52.3 Å². The van der Waals surface area contributed by atoms with Crippen LogP contribution in [0.5, 0.6) is 0 Å². The molecule has 2 aromatic carbocycles. The number of amides is 2. The van der Waals surface area contributed by atoms with Gasteiger partial charge < -0.3 is 25.4 Å². The summed E-state index contributed by atoms with van der Waals surface area (Å²) in [6.07, 6.45) is -0.320. The van der Waals surface area contributed by atoms with Crippen LogP contribution in [0.15, 0.2) is 54.6 Å². The number of hydrogen-bond donors (Lipinski definition) is 3. The summed E-state index contributed by atoms with van der Waals surface area (Å²) >= 11 is 1.22. The van der Waals surface area contributed by atoms with Gasteiger partial charge in [0.15, 0.2) is 0 Å². The molecule has 1 aliphatic rings. The smallest absolute Gasteiger partial charge is 0.410 e. The molecule has 0 saturated carbocycles. The summed E-state index contributed by atoms with van der Waals surface area (Å²) in [4.78, 5) is 39.4. The van der Waals surface area contributed by atoms with E-state index in [4.69, 9.17) is 4.74 Å². The molecule has 200 valence electrons. The van der Waals surface area contributed by atoms with E-state index >= 15 is 0 Å². The van der Waals surface area contributed by atoms with E-state index in [1.807, 2.05) is 77.1 Å². The topological polar surface area (TPSA) is 108 Å². The standard InChI is InChI=1S/C29H33N3O5S/c1-17-9-10-21(31-22-15-32(16-22)28(36)37-29(3,4)5)14-23(17)26(33)30-18(2)19-7-6-8-20(13-19)24-11-12-25(38-24)27(34)35/h6-14,18,22,31H,15-16H2,1-5H3,(H,30,33)(H,34,35)/t18-/m1/s1. The Hall–Kier alpha value is -3.85. The Bertz CT molecular complexity index is 1350. The highest BCUT2D eigenvalue weighted by Gasteiger charge is 2.33. The third kappa shape index (κ3) is 6.52. The number of nitrogens with zero attached hydrogens (tertiary/aromatic N) is 1. The molecule has 4 rings (SSSR count). The second-order valence-corrected chi connectivity index (χ2v) is 11.6. The molecule has 0 unspecified atom stereocenters. The first-order valence-electron chi connectivity index (χ1n) is 12.5. The summed E-state index contributed by atoms with van der Waals surface area (Å²) in [5.41, 5.74) is 3.55. The van der Waals surface area contributed by atoms with Crippen LogP contribution in [0, 0.1) is 6.92 Å². The maximum Gasteiger partial charge on any atom is 0.410 e. The molecule has 1 fully saturated rings. The van der Waals surface area contributed by atoms with Crippen molar-refractivity contribution in [3.8, 4) is 10.4 Å². The Labute approximate surface area is 226 Å². The minimum atomic E-state index is -0.942. The molecule has 0 bridgehead atoms. The van der Waals surface area contributed by atoms with Crippen LogP contribution < -0.4 is 10.6 Å². The van der Waals surface area contributed by atoms with Crippen LogP contribution in [0.3, 0.4) is 0 Å². The first-order chi connectivity index (χ1) is 17.9. The van der Waals surface area contributed by atoms with E-state index in [1.165, 1.54) is 11.3 Å². The summed E-state index contributed by atoms with van der Waals surface area (Å²) in [6, 6.07) is 16.7. The molecule has 0 aliphatic carbocycles. The van der Waals surface area contributed by atoms with Crippen LogP contribution in [0.4, 0.5) is 10.5 Å². The molecule has 8 nitrogen and oxygen atoms in total. The molecular formula is C29H33N3O5S. The largest absolute Gasteiger partial charge is 0.477 e. The number of ether oxygens (including phenoxy) is 1. The van der Waals surface area contributed by atoms with E-state index in [1.54, 1.807) is 17.0 Å². The number of aryl methyl sites for hydroxylation is 1. The van der Waals surface area contributed by atoms with Gasteiger partial charge in [0.2, 0.25) is 0 Å². The summed E-state index contributed by atoms with van der Waals surface area (Å²) in [6.45, 7) is 10.4. The molecule has 2 heterocycles. The SMILES string of the molecule is Cc1ccc(NC2CN(C(=O)OC(C)(C)C)C2)cc1C(=O)N[C@H](C)c1cccc(-c2ccc(C(=O)O)s2)c1. The number of anilines is 1. The van der Waals surface area contributed by atoms with Gasteiger partial charge in [-0.3, -0.25) is 4.79 Å². The zero-order valence-corrected chi connectivity index (χ0v) is 23.0. The van der Waals surface area contributed by atoms with Gasteiger partial charge in [-0.1, -0.05) is 24.3 Å². The summed E-state index contributed by atoms with van der Waals surface area (Å²) < 4.78 is 5.41. The van der Waals surface area contributed by atoms with Crippen LogP contribution >= 0.6 is 11.3 Å². The van der Waals surface area contributed by atoms with E-state index < -0.39 is 11.6 Å². The van der Waals surface area contributed by atoms with Crippen molar-refractivity contribution in [1.82, 2.24) is 10.2 Å². The fourth-order valence-electron chi connectivity index (χ4n) is 4.16. The number of likely N-dealkylation sites (tertiary alicyclic amines) is 1. The van der Waals surface area contributed by atoms with Crippen LogP contribution in [-0.4, -0.2) is 52.7 Å². The maximum absolute atomic E-state index is 13.2. The number of carbonyl (C=O) groups is 3. The van der Waals surface area contributed by atoms with Gasteiger partial charge in [0.25, 0.3) is 5.91 Å². The number of carboxylic acids is 1. The number of benzene rings is 2. The van der Waals surface area contributed by atoms with E-state index in [0.29, 0.717) is 18.7 Å². The normalized spacial score (nSPS) is 14.4. The van der Waals surface area contributed by atoms with Gasteiger partial charge in [-0.25, -0.2) is 9.59 Å². The highest BCUT2D eigenvalue weighted by atomic mass is 32.1. The third-order valence-corrected chi connectivity index (χ3v) is 7.34. The van der Waals surface area contributed by atoms with Gasteiger partial charge in [-0.05, 0) is 81.6 Å². The Morgan fingerprint density at radius 1 is 1.08 bits per heavy atom. The van der Waals surface area contributed by atoms with Crippen LogP contribution in [0.2, 0.25) is 0 Å². The van der Waals surface area contributed by atoms with Crippen molar-refractivity contribution >= 4 is 35.0 Å². The van der Waals surface area contributed by atoms with Crippen molar-refractivity contribution in [3.63, 3.8) is 0 Å². The highest BCUT2D eigenvalue weighted by molar-refractivity contribution is 7.17. The van der Waals surface area contributed by atoms with E-state index in [2.05, 4.69) is 10.6 Å².